The molecule has 20 heavy (non-hydrogen) atoms. The molecule has 1 aromatic heterocycles. The number of hydrogen-bond donors (Lipinski definition) is 1. The Kier molecular flexibility index (Phi) is 3.48. The minimum atomic E-state index is -0.269. The van der Waals surface area contributed by atoms with Crippen LogP contribution in [0.3, 0.4) is 0 Å². The molecule has 1 N–H and O–H groups in total. The zero-order chi connectivity index (χ0) is 14.5. The average molecular weight is 275 g/mol. The van der Waals surface area contributed by atoms with Crippen molar-refractivity contribution in [3.63, 3.8) is 0 Å². The van der Waals surface area contributed by atoms with Crippen molar-refractivity contribution in [3.8, 4) is 0 Å². The van der Waals surface area contributed by atoms with Crippen molar-refractivity contribution < 1.29 is 5.11 Å². The number of aromatic nitrogens is 1. The molecule has 0 bridgehead atoms. The average Bonchev–Trinajstić information content (AvgIpc) is 2.64. The molecule has 3 unspecified atom stereocenters. The van der Waals surface area contributed by atoms with Crippen molar-refractivity contribution in [2.24, 2.45) is 11.3 Å². The Bertz CT molecular complexity index is 500. The van der Waals surface area contributed by atoms with Gasteiger partial charge < -0.3 is 9.67 Å². The van der Waals surface area contributed by atoms with Crippen molar-refractivity contribution in [3.05, 3.63) is 23.0 Å². The topological polar surface area (TPSA) is 25.2 Å². The maximum absolute atomic E-state index is 10.5. The Labute approximate surface area is 123 Å². The van der Waals surface area contributed by atoms with Crippen LogP contribution in [0.15, 0.2) is 6.07 Å². The van der Waals surface area contributed by atoms with Gasteiger partial charge in [0.2, 0.25) is 0 Å². The van der Waals surface area contributed by atoms with Crippen LogP contribution in [0.25, 0.3) is 0 Å². The molecular weight excluding hydrogens is 246 g/mol. The second-order valence-corrected chi connectivity index (χ2v) is 8.04. The molecule has 2 heteroatoms. The second kappa shape index (κ2) is 4.91. The largest absolute Gasteiger partial charge is 0.388 e. The lowest BCUT2D eigenvalue weighted by Gasteiger charge is -2.37. The fourth-order valence-corrected chi connectivity index (χ4v) is 4.51. The van der Waals surface area contributed by atoms with E-state index in [0.29, 0.717) is 6.04 Å². The van der Waals surface area contributed by atoms with E-state index >= 15 is 0 Å². The highest BCUT2D eigenvalue weighted by atomic mass is 16.3. The van der Waals surface area contributed by atoms with Gasteiger partial charge in [-0.3, -0.25) is 0 Å². The van der Waals surface area contributed by atoms with Gasteiger partial charge in [-0.05, 0) is 50.0 Å². The highest BCUT2D eigenvalue weighted by Gasteiger charge is 2.35. The predicted octanol–water partition coefficient (Wildman–Crippen LogP) is 4.55. The minimum absolute atomic E-state index is 0.218. The Morgan fingerprint density at radius 2 is 2.05 bits per heavy atom. The summed E-state index contributed by atoms with van der Waals surface area (Å²) in [5.74, 6) is 0.840. The summed E-state index contributed by atoms with van der Waals surface area (Å²) in [4.78, 5) is 0. The minimum Gasteiger partial charge on any atom is -0.388 e. The van der Waals surface area contributed by atoms with E-state index in [1.165, 1.54) is 42.6 Å². The zero-order valence-electron chi connectivity index (χ0n) is 13.4. The van der Waals surface area contributed by atoms with Crippen LogP contribution in [0.5, 0.6) is 0 Å². The van der Waals surface area contributed by atoms with Gasteiger partial charge in [-0.2, -0.15) is 0 Å². The molecule has 1 saturated carbocycles. The molecule has 1 aromatic rings. The zero-order valence-corrected chi connectivity index (χ0v) is 13.4. The highest BCUT2D eigenvalue weighted by molar-refractivity contribution is 5.34. The van der Waals surface area contributed by atoms with Gasteiger partial charge in [0.1, 0.15) is 0 Å². The molecule has 0 saturated heterocycles. The fourth-order valence-electron chi connectivity index (χ4n) is 4.51. The van der Waals surface area contributed by atoms with Gasteiger partial charge >= 0.3 is 0 Å². The summed E-state index contributed by atoms with van der Waals surface area (Å²) in [7, 11) is 0. The number of fused-ring (bicyclic) bond motifs is 1. The van der Waals surface area contributed by atoms with Crippen LogP contribution in [0.4, 0.5) is 0 Å². The van der Waals surface area contributed by atoms with Crippen LogP contribution in [-0.2, 0) is 6.42 Å². The third-order valence-corrected chi connectivity index (χ3v) is 5.39. The molecule has 1 fully saturated rings. The van der Waals surface area contributed by atoms with Crippen LogP contribution < -0.4 is 0 Å². The molecule has 2 aliphatic carbocycles. The van der Waals surface area contributed by atoms with E-state index < -0.39 is 0 Å². The van der Waals surface area contributed by atoms with E-state index in [4.69, 9.17) is 0 Å². The van der Waals surface area contributed by atoms with Crippen molar-refractivity contribution in [2.75, 3.05) is 0 Å². The molecule has 0 radical (unpaired) electrons. The first kappa shape index (κ1) is 14.2. The number of nitrogens with zero attached hydrogens (tertiary/aromatic N) is 1. The molecule has 0 amide bonds. The van der Waals surface area contributed by atoms with E-state index in [1.54, 1.807) is 0 Å². The molecule has 3 atom stereocenters. The van der Waals surface area contributed by atoms with Crippen molar-refractivity contribution in [1.29, 1.82) is 0 Å². The fraction of sp³-hybridized carbons (Fsp3) is 0.778. The molecule has 3 rings (SSSR count). The summed E-state index contributed by atoms with van der Waals surface area (Å²) in [6.07, 6.45) is 7.08. The van der Waals surface area contributed by atoms with Crippen LogP contribution in [0.1, 0.15) is 82.0 Å². The summed E-state index contributed by atoms with van der Waals surface area (Å²) < 4.78 is 2.58. The standard InChI is InChI=1S/C18H29NO/c1-12-6-5-7-14(8-12)19-13(2)9-15-16(19)10-18(3,4)11-17(15)20/h9,12,14,17,20H,5-8,10-11H2,1-4H3. The van der Waals surface area contributed by atoms with E-state index in [9.17, 15) is 5.11 Å². The molecular formula is C18H29NO. The Morgan fingerprint density at radius 1 is 1.30 bits per heavy atom. The normalized spacial score (nSPS) is 33.0. The van der Waals surface area contributed by atoms with E-state index in [-0.39, 0.29) is 11.5 Å². The summed E-state index contributed by atoms with van der Waals surface area (Å²) in [5.41, 5.74) is 4.20. The summed E-state index contributed by atoms with van der Waals surface area (Å²) in [6.45, 7) is 9.18. The van der Waals surface area contributed by atoms with E-state index in [1.807, 2.05) is 0 Å². The van der Waals surface area contributed by atoms with Crippen LogP contribution in [0.2, 0.25) is 0 Å². The van der Waals surface area contributed by atoms with Crippen LogP contribution in [0, 0.1) is 18.3 Å². The number of aryl methyl sites for hydroxylation is 1. The van der Waals surface area contributed by atoms with Gasteiger partial charge in [0.25, 0.3) is 0 Å². The van der Waals surface area contributed by atoms with E-state index in [0.717, 1.165) is 18.8 Å². The van der Waals surface area contributed by atoms with Crippen molar-refractivity contribution >= 4 is 0 Å². The Balaban J connectivity index is 2.00. The smallest absolute Gasteiger partial charge is 0.0812 e. The number of rotatable bonds is 1. The van der Waals surface area contributed by atoms with E-state index in [2.05, 4.69) is 38.3 Å². The monoisotopic (exact) mass is 275 g/mol. The lowest BCUT2D eigenvalue weighted by Crippen LogP contribution is -2.29. The maximum atomic E-state index is 10.5. The van der Waals surface area contributed by atoms with Gasteiger partial charge in [0.15, 0.2) is 0 Å². The summed E-state index contributed by atoms with van der Waals surface area (Å²) in [5, 5.41) is 10.5. The third kappa shape index (κ3) is 2.43. The molecule has 0 aliphatic heterocycles. The molecule has 2 aliphatic rings. The van der Waals surface area contributed by atoms with Gasteiger partial charge in [0.05, 0.1) is 6.10 Å². The number of aliphatic hydroxyl groups is 1. The summed E-state index contributed by atoms with van der Waals surface area (Å²) in [6, 6.07) is 2.90. The lowest BCUT2D eigenvalue weighted by molar-refractivity contribution is 0.0967. The Morgan fingerprint density at radius 3 is 2.75 bits per heavy atom. The molecule has 0 aromatic carbocycles. The first-order chi connectivity index (χ1) is 9.37. The molecule has 112 valence electrons. The molecule has 1 heterocycles. The second-order valence-electron chi connectivity index (χ2n) is 8.04. The van der Waals surface area contributed by atoms with Crippen molar-refractivity contribution in [1.82, 2.24) is 4.57 Å². The number of hydrogen-bond acceptors (Lipinski definition) is 1. The number of aliphatic hydroxyl groups excluding tert-OH is 1. The van der Waals surface area contributed by atoms with Gasteiger partial charge in [-0.25, -0.2) is 0 Å². The van der Waals surface area contributed by atoms with Crippen molar-refractivity contribution in [2.45, 2.75) is 78.4 Å². The van der Waals surface area contributed by atoms with Gasteiger partial charge in [-0.15, -0.1) is 0 Å². The highest BCUT2D eigenvalue weighted by Crippen LogP contribution is 2.44. The molecule has 0 spiro atoms. The lowest BCUT2D eigenvalue weighted by atomic mass is 9.75. The predicted molar refractivity (Wildman–Crippen MR) is 82.9 cm³/mol. The molecule has 2 nitrogen and oxygen atoms in total. The Hall–Kier alpha value is -0.760. The summed E-state index contributed by atoms with van der Waals surface area (Å²) >= 11 is 0. The third-order valence-electron chi connectivity index (χ3n) is 5.39. The maximum Gasteiger partial charge on any atom is 0.0812 e. The van der Waals surface area contributed by atoms with Gasteiger partial charge in [-0.1, -0.05) is 33.6 Å². The first-order valence-electron chi connectivity index (χ1n) is 8.26. The van der Waals surface area contributed by atoms with Gasteiger partial charge in [0, 0.05) is 23.0 Å². The first-order valence-corrected chi connectivity index (χ1v) is 8.26. The van der Waals surface area contributed by atoms with Crippen LogP contribution >= 0.6 is 0 Å². The quantitative estimate of drug-likeness (QED) is 0.799. The SMILES string of the molecule is Cc1cc2c(n1C1CCCC(C)C1)CC(C)(C)CC2O. The van der Waals surface area contributed by atoms with Crippen LogP contribution in [-0.4, -0.2) is 9.67 Å².